The molecule has 1 N–H and O–H groups in total. The fraction of sp³-hybridized carbons (Fsp3) is 0.350. The van der Waals surface area contributed by atoms with Crippen LogP contribution in [0.15, 0.2) is 42.5 Å². The Bertz CT molecular complexity index is 934. The van der Waals surface area contributed by atoms with E-state index in [1.54, 1.807) is 0 Å². The molecule has 0 saturated heterocycles. The van der Waals surface area contributed by atoms with Gasteiger partial charge in [-0.1, -0.05) is 35.3 Å². The smallest absolute Gasteiger partial charge is 0.240 e. The molecule has 0 radical (unpaired) electrons. The summed E-state index contributed by atoms with van der Waals surface area (Å²) in [5.41, 5.74) is 1.34. The predicted octanol–water partition coefficient (Wildman–Crippen LogP) is 3.91. The van der Waals surface area contributed by atoms with Gasteiger partial charge in [0, 0.05) is 11.6 Å². The molecule has 0 fully saturated rings. The molecule has 0 aliphatic rings. The van der Waals surface area contributed by atoms with Gasteiger partial charge in [-0.25, -0.2) is 8.42 Å². The number of sulfonamides is 1. The van der Waals surface area contributed by atoms with Gasteiger partial charge >= 0.3 is 0 Å². The molecule has 2 aromatic rings. The number of aryl methyl sites for hydroxylation is 1. The van der Waals surface area contributed by atoms with E-state index in [0.29, 0.717) is 18.2 Å². The summed E-state index contributed by atoms with van der Waals surface area (Å²) in [6, 6.07) is 12.2. The number of carbonyl (C=O) groups is 1. The van der Waals surface area contributed by atoms with Crippen molar-refractivity contribution in [3.8, 4) is 5.75 Å². The molecule has 0 aliphatic heterocycles. The molecule has 0 saturated carbocycles. The molecule has 0 heterocycles. The number of ether oxygens (including phenoxy) is 1. The number of hydrogen-bond acceptors (Lipinski definition) is 4. The highest BCUT2D eigenvalue weighted by Gasteiger charge is 2.23. The molecule has 0 atom stereocenters. The normalized spacial score (nSPS) is 11.2. The van der Waals surface area contributed by atoms with Crippen molar-refractivity contribution < 1.29 is 17.9 Å². The molecular formula is C20H24Cl2N2O4S. The van der Waals surface area contributed by atoms with Crippen LogP contribution in [0.25, 0.3) is 0 Å². The predicted molar refractivity (Wildman–Crippen MR) is 118 cm³/mol. The highest BCUT2D eigenvalue weighted by atomic mass is 35.5. The minimum absolute atomic E-state index is 0.159. The summed E-state index contributed by atoms with van der Waals surface area (Å²) in [7, 11) is -3.70. The Kier molecular flexibility index (Phi) is 8.61. The Morgan fingerprint density at radius 1 is 1.14 bits per heavy atom. The van der Waals surface area contributed by atoms with Gasteiger partial charge in [0.15, 0.2) is 0 Å². The van der Waals surface area contributed by atoms with E-state index < -0.39 is 15.9 Å². The molecule has 0 aliphatic carbocycles. The first-order valence-electron chi connectivity index (χ1n) is 9.12. The fourth-order valence-corrected chi connectivity index (χ4v) is 4.12. The zero-order valence-electron chi connectivity index (χ0n) is 16.3. The SMILES string of the molecule is CCOc1ccc(CCCNC(=O)CN(c2ccc(Cl)cc2Cl)S(C)(=O)=O)cc1. The number of hydrogen-bond donors (Lipinski definition) is 1. The van der Waals surface area contributed by atoms with Crippen molar-refractivity contribution in [1.29, 1.82) is 0 Å². The maximum atomic E-state index is 12.3. The second-order valence-electron chi connectivity index (χ2n) is 6.40. The van der Waals surface area contributed by atoms with Gasteiger partial charge in [0.1, 0.15) is 12.3 Å². The quantitative estimate of drug-likeness (QED) is 0.547. The summed E-state index contributed by atoms with van der Waals surface area (Å²) in [5.74, 6) is 0.416. The van der Waals surface area contributed by atoms with Crippen LogP contribution in [0.3, 0.4) is 0 Å². The van der Waals surface area contributed by atoms with E-state index in [9.17, 15) is 13.2 Å². The molecule has 6 nitrogen and oxygen atoms in total. The van der Waals surface area contributed by atoms with E-state index in [-0.39, 0.29) is 17.3 Å². The van der Waals surface area contributed by atoms with Crippen LogP contribution in [-0.4, -0.2) is 40.3 Å². The summed E-state index contributed by atoms with van der Waals surface area (Å²) in [6.07, 6.45) is 2.53. The van der Waals surface area contributed by atoms with Crippen molar-refractivity contribution in [1.82, 2.24) is 5.32 Å². The molecule has 29 heavy (non-hydrogen) atoms. The molecule has 0 bridgehead atoms. The van der Waals surface area contributed by atoms with E-state index in [2.05, 4.69) is 5.32 Å². The Morgan fingerprint density at radius 2 is 1.83 bits per heavy atom. The van der Waals surface area contributed by atoms with Crippen molar-refractivity contribution in [2.75, 3.05) is 30.3 Å². The number of benzene rings is 2. The molecule has 9 heteroatoms. The maximum absolute atomic E-state index is 12.3. The standard InChI is InChI=1S/C20H24Cl2N2O4S/c1-3-28-17-9-6-15(7-10-17)5-4-12-23-20(25)14-24(29(2,26)27)19-11-8-16(21)13-18(19)22/h6-11,13H,3-5,12,14H2,1-2H3,(H,23,25). The van der Waals surface area contributed by atoms with Crippen molar-refractivity contribution in [2.24, 2.45) is 0 Å². The molecule has 158 valence electrons. The average Bonchev–Trinajstić information content (AvgIpc) is 2.64. The third-order valence-corrected chi connectivity index (χ3v) is 5.73. The average molecular weight is 459 g/mol. The summed E-state index contributed by atoms with van der Waals surface area (Å²) in [6.45, 7) is 2.63. The monoisotopic (exact) mass is 458 g/mol. The number of nitrogens with one attached hydrogen (secondary N) is 1. The van der Waals surface area contributed by atoms with Gasteiger partial charge in [0.2, 0.25) is 15.9 Å². The second kappa shape index (κ2) is 10.7. The van der Waals surface area contributed by atoms with E-state index in [1.165, 1.54) is 18.2 Å². The lowest BCUT2D eigenvalue weighted by molar-refractivity contribution is -0.119. The van der Waals surface area contributed by atoms with Gasteiger partial charge in [0.05, 0.1) is 23.6 Å². The molecule has 1 amide bonds. The van der Waals surface area contributed by atoms with Crippen LogP contribution in [0.5, 0.6) is 5.75 Å². The number of carbonyl (C=O) groups excluding carboxylic acids is 1. The van der Waals surface area contributed by atoms with Crippen LogP contribution in [0, 0.1) is 0 Å². The van der Waals surface area contributed by atoms with Crippen molar-refractivity contribution in [2.45, 2.75) is 19.8 Å². The van der Waals surface area contributed by atoms with E-state index in [1.807, 2.05) is 31.2 Å². The third kappa shape index (κ3) is 7.42. The molecule has 0 spiro atoms. The van der Waals surface area contributed by atoms with Crippen molar-refractivity contribution in [3.63, 3.8) is 0 Å². The van der Waals surface area contributed by atoms with Crippen LogP contribution in [0.1, 0.15) is 18.9 Å². The highest BCUT2D eigenvalue weighted by Crippen LogP contribution is 2.30. The zero-order valence-corrected chi connectivity index (χ0v) is 18.6. The zero-order chi connectivity index (χ0) is 21.4. The first-order valence-corrected chi connectivity index (χ1v) is 11.7. The number of nitrogens with zero attached hydrogens (tertiary/aromatic N) is 1. The number of anilines is 1. The lowest BCUT2D eigenvalue weighted by Gasteiger charge is -2.23. The van der Waals surface area contributed by atoms with Crippen LogP contribution in [-0.2, 0) is 21.2 Å². The van der Waals surface area contributed by atoms with Gasteiger partial charge in [-0.3, -0.25) is 9.10 Å². The van der Waals surface area contributed by atoms with E-state index in [0.717, 1.165) is 34.7 Å². The second-order valence-corrected chi connectivity index (χ2v) is 9.15. The molecule has 0 aromatic heterocycles. The molecule has 0 unspecified atom stereocenters. The van der Waals surface area contributed by atoms with Crippen LogP contribution < -0.4 is 14.4 Å². The molecule has 2 aromatic carbocycles. The Balaban J connectivity index is 1.88. The summed E-state index contributed by atoms with van der Waals surface area (Å²) >= 11 is 12.0. The van der Waals surface area contributed by atoms with Crippen molar-refractivity contribution >= 4 is 44.8 Å². The van der Waals surface area contributed by atoms with Gasteiger partial charge in [-0.05, 0) is 55.7 Å². The first-order chi connectivity index (χ1) is 13.7. The molecule has 2 rings (SSSR count). The van der Waals surface area contributed by atoms with Gasteiger partial charge in [-0.2, -0.15) is 0 Å². The van der Waals surface area contributed by atoms with Gasteiger partial charge in [0.25, 0.3) is 0 Å². The fourth-order valence-electron chi connectivity index (χ4n) is 2.69. The van der Waals surface area contributed by atoms with Crippen LogP contribution in [0.2, 0.25) is 10.0 Å². The van der Waals surface area contributed by atoms with Gasteiger partial charge < -0.3 is 10.1 Å². The Hall–Kier alpha value is -1.96. The van der Waals surface area contributed by atoms with Gasteiger partial charge in [-0.15, -0.1) is 0 Å². The Morgan fingerprint density at radius 3 is 2.41 bits per heavy atom. The highest BCUT2D eigenvalue weighted by molar-refractivity contribution is 7.92. The largest absolute Gasteiger partial charge is 0.494 e. The first kappa shape index (κ1) is 23.3. The minimum atomic E-state index is -3.70. The lowest BCUT2D eigenvalue weighted by Crippen LogP contribution is -2.40. The van der Waals surface area contributed by atoms with Crippen LogP contribution in [0.4, 0.5) is 5.69 Å². The number of rotatable bonds is 10. The summed E-state index contributed by atoms with van der Waals surface area (Å²) in [5, 5.41) is 3.29. The minimum Gasteiger partial charge on any atom is -0.494 e. The molecular weight excluding hydrogens is 435 g/mol. The number of amides is 1. The number of halogens is 2. The van der Waals surface area contributed by atoms with Crippen molar-refractivity contribution in [3.05, 3.63) is 58.1 Å². The lowest BCUT2D eigenvalue weighted by atomic mass is 10.1. The van der Waals surface area contributed by atoms with E-state index in [4.69, 9.17) is 27.9 Å². The van der Waals surface area contributed by atoms with Crippen LogP contribution >= 0.6 is 23.2 Å². The Labute approximate surface area is 181 Å². The summed E-state index contributed by atoms with van der Waals surface area (Å²) < 4.78 is 30.6. The summed E-state index contributed by atoms with van der Waals surface area (Å²) in [4.78, 5) is 12.3. The third-order valence-electron chi connectivity index (χ3n) is 4.06. The topological polar surface area (TPSA) is 75.7 Å². The van der Waals surface area contributed by atoms with E-state index >= 15 is 0 Å². The maximum Gasteiger partial charge on any atom is 0.240 e.